The van der Waals surface area contributed by atoms with Crippen molar-refractivity contribution in [3.05, 3.63) is 64.9 Å². The maximum absolute atomic E-state index is 11.9. The molecule has 0 saturated carbocycles. The number of benzene rings is 1. The van der Waals surface area contributed by atoms with E-state index in [1.54, 1.807) is 19.3 Å². The highest BCUT2D eigenvalue weighted by atomic mass is 35.5. The summed E-state index contributed by atoms with van der Waals surface area (Å²) in [4.78, 5) is 19.4. The Bertz CT molecular complexity index is 798. The van der Waals surface area contributed by atoms with E-state index < -0.39 is 0 Å². The summed E-state index contributed by atoms with van der Waals surface area (Å²) in [6.45, 7) is 0. The summed E-state index contributed by atoms with van der Waals surface area (Å²) in [5.41, 5.74) is 2.80. The molecular formula is C17H16ClN3O. The molecule has 0 aliphatic rings. The zero-order valence-electron chi connectivity index (χ0n) is 12.1. The van der Waals surface area contributed by atoms with Gasteiger partial charge in [-0.2, -0.15) is 0 Å². The first-order valence-corrected chi connectivity index (χ1v) is 7.45. The van der Waals surface area contributed by atoms with Crippen molar-refractivity contribution < 1.29 is 4.79 Å². The molecule has 1 aromatic carbocycles. The summed E-state index contributed by atoms with van der Waals surface area (Å²) in [6, 6.07) is 11.7. The van der Waals surface area contributed by atoms with Gasteiger partial charge in [-0.1, -0.05) is 41.9 Å². The molecule has 112 valence electrons. The van der Waals surface area contributed by atoms with Crippen LogP contribution in [-0.2, 0) is 4.79 Å². The highest BCUT2D eigenvalue weighted by molar-refractivity contribution is 6.35. The minimum Gasteiger partial charge on any atom is -0.359 e. The quantitative estimate of drug-likeness (QED) is 0.774. The number of aromatic amines is 1. The van der Waals surface area contributed by atoms with Crippen molar-refractivity contribution in [2.24, 2.45) is 0 Å². The Balaban J connectivity index is 2.14. The Kier molecular flexibility index (Phi) is 4.11. The average Bonchev–Trinajstić information content (AvgIpc) is 2.98. The maximum Gasteiger partial charge on any atom is 0.220 e. The lowest BCUT2D eigenvalue weighted by molar-refractivity contribution is -0.120. The van der Waals surface area contributed by atoms with Crippen LogP contribution >= 0.6 is 11.6 Å². The number of hydrogen-bond acceptors (Lipinski definition) is 2. The van der Waals surface area contributed by atoms with E-state index in [0.717, 1.165) is 22.2 Å². The first kappa shape index (κ1) is 14.6. The second-order valence-electron chi connectivity index (χ2n) is 5.10. The molecule has 2 aromatic heterocycles. The van der Waals surface area contributed by atoms with Crippen LogP contribution in [-0.4, -0.2) is 22.9 Å². The topological polar surface area (TPSA) is 57.8 Å². The molecule has 3 rings (SSSR count). The van der Waals surface area contributed by atoms with Crippen LogP contribution in [0.25, 0.3) is 11.0 Å². The van der Waals surface area contributed by atoms with Crippen molar-refractivity contribution in [1.82, 2.24) is 15.3 Å². The Morgan fingerprint density at radius 2 is 2.09 bits per heavy atom. The number of H-pyrrole nitrogens is 1. The number of pyridine rings is 1. The molecule has 22 heavy (non-hydrogen) atoms. The van der Waals surface area contributed by atoms with E-state index in [-0.39, 0.29) is 11.8 Å². The number of nitrogens with zero attached hydrogens (tertiary/aromatic N) is 1. The van der Waals surface area contributed by atoms with Crippen molar-refractivity contribution in [2.75, 3.05) is 7.05 Å². The molecule has 1 amide bonds. The van der Waals surface area contributed by atoms with Gasteiger partial charge in [0.1, 0.15) is 5.65 Å². The van der Waals surface area contributed by atoms with Gasteiger partial charge in [-0.25, -0.2) is 4.98 Å². The minimum atomic E-state index is -0.0726. The molecule has 1 unspecified atom stereocenters. The molecule has 5 heteroatoms. The molecule has 0 saturated heterocycles. The summed E-state index contributed by atoms with van der Waals surface area (Å²) in [7, 11) is 1.65. The Hall–Kier alpha value is -2.33. The van der Waals surface area contributed by atoms with Crippen molar-refractivity contribution in [3.63, 3.8) is 0 Å². The van der Waals surface area contributed by atoms with Gasteiger partial charge in [-0.15, -0.1) is 0 Å². The Labute approximate surface area is 133 Å². The summed E-state index contributed by atoms with van der Waals surface area (Å²) in [6.07, 6.45) is 3.92. The van der Waals surface area contributed by atoms with Gasteiger partial charge in [-0.05, 0) is 17.2 Å². The van der Waals surface area contributed by atoms with E-state index in [4.69, 9.17) is 11.6 Å². The van der Waals surface area contributed by atoms with E-state index in [9.17, 15) is 4.79 Å². The van der Waals surface area contributed by atoms with Gasteiger partial charge in [0.05, 0.1) is 5.02 Å². The highest BCUT2D eigenvalue weighted by Gasteiger charge is 2.22. The fourth-order valence-electron chi connectivity index (χ4n) is 2.70. The van der Waals surface area contributed by atoms with E-state index in [2.05, 4.69) is 15.3 Å². The van der Waals surface area contributed by atoms with Crippen LogP contribution in [0.15, 0.2) is 48.8 Å². The molecule has 1 atom stereocenters. The zero-order chi connectivity index (χ0) is 15.5. The average molecular weight is 314 g/mol. The van der Waals surface area contributed by atoms with Crippen LogP contribution in [0.2, 0.25) is 5.02 Å². The molecule has 3 aromatic rings. The predicted molar refractivity (Wildman–Crippen MR) is 88.1 cm³/mol. The number of aromatic nitrogens is 2. The number of carbonyl (C=O) groups excluding carboxylic acids is 1. The zero-order valence-corrected chi connectivity index (χ0v) is 12.9. The van der Waals surface area contributed by atoms with Crippen LogP contribution in [0.4, 0.5) is 0 Å². The lowest BCUT2D eigenvalue weighted by Gasteiger charge is -2.16. The smallest absolute Gasteiger partial charge is 0.220 e. The van der Waals surface area contributed by atoms with E-state index in [1.165, 1.54) is 0 Å². The van der Waals surface area contributed by atoms with Gasteiger partial charge in [-0.3, -0.25) is 4.79 Å². The third-order valence-electron chi connectivity index (χ3n) is 3.80. The predicted octanol–water partition coefficient (Wildman–Crippen LogP) is 3.48. The maximum atomic E-state index is 11.9. The molecule has 0 aliphatic heterocycles. The number of fused-ring (bicyclic) bond motifs is 1. The van der Waals surface area contributed by atoms with Crippen LogP contribution in [0.5, 0.6) is 0 Å². The molecule has 2 N–H and O–H groups in total. The van der Waals surface area contributed by atoms with Crippen molar-refractivity contribution in [3.8, 4) is 0 Å². The number of amides is 1. The van der Waals surface area contributed by atoms with Crippen LogP contribution < -0.4 is 5.32 Å². The van der Waals surface area contributed by atoms with Gasteiger partial charge in [0.25, 0.3) is 0 Å². The summed E-state index contributed by atoms with van der Waals surface area (Å²) in [5, 5.41) is 4.21. The second-order valence-corrected chi connectivity index (χ2v) is 5.51. The van der Waals surface area contributed by atoms with Gasteiger partial charge in [0.15, 0.2) is 0 Å². The highest BCUT2D eigenvalue weighted by Crippen LogP contribution is 2.35. The molecule has 0 spiro atoms. The standard InChI is InChI=1S/C17H16ClN3O/c1-19-15(22)9-12(11-5-3-2-4-6-11)13-10-21-17-16(13)14(18)7-8-20-17/h2-8,10,12H,9H2,1H3,(H,19,22)(H,20,21). The number of carbonyl (C=O) groups is 1. The summed E-state index contributed by atoms with van der Waals surface area (Å²) in [5.74, 6) is -0.0835. The first-order chi connectivity index (χ1) is 10.7. The molecule has 4 nitrogen and oxygen atoms in total. The van der Waals surface area contributed by atoms with Crippen molar-refractivity contribution >= 4 is 28.5 Å². The Morgan fingerprint density at radius 3 is 2.82 bits per heavy atom. The number of nitrogens with one attached hydrogen (secondary N) is 2. The number of halogens is 1. The molecule has 0 fully saturated rings. The molecule has 2 heterocycles. The SMILES string of the molecule is CNC(=O)CC(c1ccccc1)c1c[nH]c2nccc(Cl)c12. The van der Waals surface area contributed by atoms with Crippen molar-refractivity contribution in [1.29, 1.82) is 0 Å². The molecular weight excluding hydrogens is 298 g/mol. The lowest BCUT2D eigenvalue weighted by atomic mass is 9.88. The second kappa shape index (κ2) is 6.20. The molecule has 0 bridgehead atoms. The minimum absolute atomic E-state index is 0.0109. The third kappa shape index (κ3) is 2.70. The van der Waals surface area contributed by atoms with Crippen molar-refractivity contribution in [2.45, 2.75) is 12.3 Å². The lowest BCUT2D eigenvalue weighted by Crippen LogP contribution is -2.21. The third-order valence-corrected chi connectivity index (χ3v) is 4.11. The Morgan fingerprint density at radius 1 is 1.32 bits per heavy atom. The van der Waals surface area contributed by atoms with Gasteiger partial charge in [0.2, 0.25) is 5.91 Å². The number of hydrogen-bond donors (Lipinski definition) is 2. The van der Waals surface area contributed by atoms with Crippen LogP contribution in [0.1, 0.15) is 23.5 Å². The molecule has 0 aliphatic carbocycles. The largest absolute Gasteiger partial charge is 0.359 e. The van der Waals surface area contributed by atoms with E-state index in [1.807, 2.05) is 36.5 Å². The van der Waals surface area contributed by atoms with Crippen LogP contribution in [0, 0.1) is 0 Å². The van der Waals surface area contributed by atoms with Gasteiger partial charge >= 0.3 is 0 Å². The van der Waals surface area contributed by atoms with Gasteiger partial charge < -0.3 is 10.3 Å². The molecule has 0 radical (unpaired) electrons. The summed E-state index contributed by atoms with van der Waals surface area (Å²) >= 11 is 6.34. The normalized spacial score (nSPS) is 12.3. The first-order valence-electron chi connectivity index (χ1n) is 7.07. The van der Waals surface area contributed by atoms with Crippen LogP contribution in [0.3, 0.4) is 0 Å². The fourth-order valence-corrected chi connectivity index (χ4v) is 2.95. The van der Waals surface area contributed by atoms with E-state index in [0.29, 0.717) is 11.4 Å². The monoisotopic (exact) mass is 313 g/mol. The van der Waals surface area contributed by atoms with E-state index >= 15 is 0 Å². The summed E-state index contributed by atoms with van der Waals surface area (Å²) < 4.78 is 0. The fraction of sp³-hybridized carbons (Fsp3) is 0.176. The number of rotatable bonds is 4. The van der Waals surface area contributed by atoms with Gasteiger partial charge in [0, 0.05) is 37.2 Å².